The van der Waals surface area contributed by atoms with Crippen LogP contribution in [0, 0.1) is 0 Å². The third-order valence-electron chi connectivity index (χ3n) is 0.922. The number of hydrogen-bond acceptors (Lipinski definition) is 4. The first-order valence-electron chi connectivity index (χ1n) is 2.27. The quantitative estimate of drug-likeness (QED) is 0.365. The topological polar surface area (TPSA) is 81.0 Å². The molecule has 0 heterocycles. The maximum Gasteiger partial charge on any atom is 0.371 e. The molecular weight excluding hydrogens is 126 g/mol. The second kappa shape index (κ2) is 2.30. The zero-order valence-corrected chi connectivity index (χ0v) is 5.20. The van der Waals surface area contributed by atoms with Crippen molar-refractivity contribution in [3.8, 4) is 0 Å². The van der Waals surface area contributed by atoms with Crippen molar-refractivity contribution in [2.24, 2.45) is 0 Å². The highest BCUT2D eigenvalue weighted by Gasteiger charge is 2.27. The van der Waals surface area contributed by atoms with E-state index in [0.717, 1.165) is 14.0 Å². The fourth-order valence-corrected chi connectivity index (χ4v) is 0.211. The first-order valence-corrected chi connectivity index (χ1v) is 2.27. The molecule has 0 bridgehead atoms. The summed E-state index contributed by atoms with van der Waals surface area (Å²) in [5, 5.41) is 24.8. The molecule has 0 aromatic carbocycles. The number of aliphatic hydroxyl groups is 3. The van der Waals surface area contributed by atoms with Crippen molar-refractivity contribution in [1.82, 2.24) is 4.90 Å². The maximum absolute atomic E-state index is 10.2. The zero-order valence-electron chi connectivity index (χ0n) is 5.20. The summed E-state index contributed by atoms with van der Waals surface area (Å²) < 4.78 is 0. The summed E-state index contributed by atoms with van der Waals surface area (Å²) in [7, 11) is 1.06. The van der Waals surface area contributed by atoms with Gasteiger partial charge in [-0.05, 0) is 0 Å². The van der Waals surface area contributed by atoms with E-state index in [2.05, 4.69) is 0 Å². The molecule has 0 aliphatic rings. The molecule has 0 aromatic rings. The Morgan fingerprint density at radius 3 is 1.78 bits per heavy atom. The van der Waals surface area contributed by atoms with E-state index in [1.165, 1.54) is 0 Å². The number of carbonyl (C=O) groups excluding carboxylic acids is 1. The van der Waals surface area contributed by atoms with Crippen molar-refractivity contribution in [1.29, 1.82) is 0 Å². The molecule has 0 saturated heterocycles. The molecule has 0 radical (unpaired) electrons. The van der Waals surface area contributed by atoms with Gasteiger partial charge in [-0.2, -0.15) is 0 Å². The molecule has 54 valence electrons. The Morgan fingerprint density at radius 2 is 1.78 bits per heavy atom. The minimum absolute atomic E-state index is 0.382. The van der Waals surface area contributed by atoms with Crippen molar-refractivity contribution < 1.29 is 20.1 Å². The van der Waals surface area contributed by atoms with Gasteiger partial charge in [0, 0.05) is 14.0 Å². The van der Waals surface area contributed by atoms with E-state index in [1.807, 2.05) is 0 Å². The predicted octanol–water partition coefficient (Wildman–Crippen LogP) is -1.95. The van der Waals surface area contributed by atoms with Crippen LogP contribution < -0.4 is 0 Å². The minimum Gasteiger partial charge on any atom is -0.325 e. The Hall–Kier alpha value is -0.650. The third kappa shape index (κ3) is 2.41. The minimum atomic E-state index is -3.04. The molecule has 1 amide bonds. The van der Waals surface area contributed by atoms with Crippen LogP contribution in [0.25, 0.3) is 0 Å². The van der Waals surface area contributed by atoms with Crippen LogP contribution in [0.1, 0.15) is 6.92 Å². The molecule has 0 spiro atoms. The molecule has 9 heavy (non-hydrogen) atoms. The van der Waals surface area contributed by atoms with Gasteiger partial charge in [-0.1, -0.05) is 0 Å². The van der Waals surface area contributed by atoms with Crippen LogP contribution >= 0.6 is 0 Å². The smallest absolute Gasteiger partial charge is 0.325 e. The van der Waals surface area contributed by atoms with Crippen LogP contribution in [0.3, 0.4) is 0 Å². The molecule has 0 aliphatic heterocycles. The molecule has 0 atom stereocenters. The van der Waals surface area contributed by atoms with Gasteiger partial charge >= 0.3 is 6.10 Å². The highest BCUT2D eigenvalue weighted by Crippen LogP contribution is 1.98. The van der Waals surface area contributed by atoms with Crippen LogP contribution in [-0.2, 0) is 4.79 Å². The second-order valence-electron chi connectivity index (χ2n) is 1.68. The van der Waals surface area contributed by atoms with Gasteiger partial charge in [0.05, 0.1) is 0 Å². The predicted molar refractivity (Wildman–Crippen MR) is 27.8 cm³/mol. The standard InChI is InChI=1S/C4H9NO4/c1-3(6)5(2)4(7,8)9/h7-9H,1-2H3. The van der Waals surface area contributed by atoms with Gasteiger partial charge in [-0.3, -0.25) is 9.69 Å². The number of carbonyl (C=O) groups is 1. The average molecular weight is 135 g/mol. The molecule has 0 unspecified atom stereocenters. The summed E-state index contributed by atoms with van der Waals surface area (Å²) in [5.41, 5.74) is 0. The summed E-state index contributed by atoms with van der Waals surface area (Å²) in [6, 6.07) is 0. The Bertz CT molecular complexity index is 116. The summed E-state index contributed by atoms with van der Waals surface area (Å²) in [6.07, 6.45) is -3.04. The molecule has 0 saturated carbocycles. The summed E-state index contributed by atoms with van der Waals surface area (Å²) in [5.74, 6) is -0.637. The van der Waals surface area contributed by atoms with Gasteiger partial charge in [0.15, 0.2) is 0 Å². The van der Waals surface area contributed by atoms with Gasteiger partial charge in [-0.25, -0.2) is 0 Å². The van der Waals surface area contributed by atoms with Crippen molar-refractivity contribution in [3.05, 3.63) is 0 Å². The number of amides is 1. The van der Waals surface area contributed by atoms with E-state index >= 15 is 0 Å². The lowest BCUT2D eigenvalue weighted by molar-refractivity contribution is -0.376. The Labute approximate surface area is 52.1 Å². The van der Waals surface area contributed by atoms with Crippen molar-refractivity contribution >= 4 is 5.91 Å². The average Bonchev–Trinajstić information content (AvgIpc) is 1.62. The summed E-state index contributed by atoms with van der Waals surface area (Å²) in [6.45, 7) is 1.09. The highest BCUT2D eigenvalue weighted by molar-refractivity contribution is 5.73. The molecule has 5 nitrogen and oxygen atoms in total. The van der Waals surface area contributed by atoms with Crippen LogP contribution in [0.15, 0.2) is 0 Å². The Kier molecular flexibility index (Phi) is 2.13. The zero-order chi connectivity index (χ0) is 7.65. The monoisotopic (exact) mass is 135 g/mol. The Balaban J connectivity index is 4.04. The van der Waals surface area contributed by atoms with Crippen molar-refractivity contribution in [3.63, 3.8) is 0 Å². The first-order chi connectivity index (χ1) is 3.85. The van der Waals surface area contributed by atoms with E-state index < -0.39 is 12.0 Å². The number of hydrogen-bond donors (Lipinski definition) is 3. The molecule has 0 fully saturated rings. The molecule has 0 aromatic heterocycles. The normalized spacial score (nSPS) is 11.2. The maximum atomic E-state index is 10.2. The van der Waals surface area contributed by atoms with Crippen LogP contribution in [0.4, 0.5) is 0 Å². The fourth-order valence-electron chi connectivity index (χ4n) is 0.211. The van der Waals surface area contributed by atoms with Crippen LogP contribution in [-0.4, -0.2) is 39.3 Å². The first kappa shape index (κ1) is 8.35. The molecule has 0 aliphatic carbocycles. The van der Waals surface area contributed by atoms with Crippen molar-refractivity contribution in [2.45, 2.75) is 13.0 Å². The lowest BCUT2D eigenvalue weighted by atomic mass is 10.6. The second-order valence-corrected chi connectivity index (χ2v) is 1.68. The van der Waals surface area contributed by atoms with Crippen LogP contribution in [0.5, 0.6) is 0 Å². The van der Waals surface area contributed by atoms with E-state index in [0.29, 0.717) is 4.90 Å². The highest BCUT2D eigenvalue weighted by atomic mass is 16.7. The SMILES string of the molecule is CC(=O)N(C)C(O)(O)O. The molecule has 0 rings (SSSR count). The molecule has 5 heteroatoms. The van der Waals surface area contributed by atoms with Gasteiger partial charge in [0.1, 0.15) is 0 Å². The van der Waals surface area contributed by atoms with E-state index in [9.17, 15) is 4.79 Å². The van der Waals surface area contributed by atoms with Gasteiger partial charge < -0.3 is 15.3 Å². The van der Waals surface area contributed by atoms with E-state index in [-0.39, 0.29) is 0 Å². The Morgan fingerprint density at radius 1 is 1.44 bits per heavy atom. The van der Waals surface area contributed by atoms with Gasteiger partial charge in [0.25, 0.3) is 0 Å². The van der Waals surface area contributed by atoms with Crippen LogP contribution in [0.2, 0.25) is 0 Å². The number of nitrogens with zero attached hydrogens (tertiary/aromatic N) is 1. The lowest BCUT2D eigenvalue weighted by Crippen LogP contribution is -2.48. The van der Waals surface area contributed by atoms with E-state index in [4.69, 9.17) is 15.3 Å². The third-order valence-corrected chi connectivity index (χ3v) is 0.922. The lowest BCUT2D eigenvalue weighted by Gasteiger charge is -2.24. The van der Waals surface area contributed by atoms with Gasteiger partial charge in [-0.15, -0.1) is 0 Å². The summed E-state index contributed by atoms with van der Waals surface area (Å²) >= 11 is 0. The van der Waals surface area contributed by atoms with Crippen molar-refractivity contribution in [2.75, 3.05) is 7.05 Å². The fraction of sp³-hybridized carbons (Fsp3) is 0.750. The molecular formula is C4H9NO4. The van der Waals surface area contributed by atoms with E-state index in [1.54, 1.807) is 0 Å². The van der Waals surface area contributed by atoms with Gasteiger partial charge in [0.2, 0.25) is 5.91 Å². The largest absolute Gasteiger partial charge is 0.371 e. The molecule has 3 N–H and O–H groups in total. The summed E-state index contributed by atoms with van der Waals surface area (Å²) in [4.78, 5) is 10.6. The number of rotatable bonds is 1.